The molecule has 1 saturated heterocycles. The van der Waals surface area contributed by atoms with Crippen LogP contribution in [0.1, 0.15) is 38.2 Å². The minimum absolute atomic E-state index is 0.323. The van der Waals surface area contributed by atoms with Gasteiger partial charge in [0.05, 0.1) is 0 Å². The monoisotopic (exact) mass is 286 g/mol. The van der Waals surface area contributed by atoms with Gasteiger partial charge in [0.15, 0.2) is 0 Å². The van der Waals surface area contributed by atoms with Crippen LogP contribution in [0.2, 0.25) is 0 Å². The molecule has 1 heterocycles. The second kappa shape index (κ2) is 6.61. The molecule has 1 amide bonds. The Morgan fingerprint density at radius 3 is 2.62 bits per heavy atom. The first kappa shape index (κ1) is 14.6. The number of benzene rings is 1. The molecular weight excluding hydrogens is 260 g/mol. The summed E-state index contributed by atoms with van der Waals surface area (Å²) in [6.07, 6.45) is 4.49. The highest BCUT2D eigenvalue weighted by Crippen LogP contribution is 2.30. The lowest BCUT2D eigenvalue weighted by Crippen LogP contribution is -2.42. The van der Waals surface area contributed by atoms with Crippen molar-refractivity contribution in [2.24, 2.45) is 5.92 Å². The Hall–Kier alpha value is -1.35. The van der Waals surface area contributed by atoms with E-state index < -0.39 is 0 Å². The third kappa shape index (κ3) is 3.85. The molecule has 0 radical (unpaired) electrons. The largest absolute Gasteiger partial charge is 0.334 e. The highest BCUT2D eigenvalue weighted by Gasteiger charge is 2.31. The van der Waals surface area contributed by atoms with Gasteiger partial charge in [0.25, 0.3) is 0 Å². The van der Waals surface area contributed by atoms with Crippen molar-refractivity contribution in [3.63, 3.8) is 0 Å². The van der Waals surface area contributed by atoms with E-state index in [9.17, 15) is 4.79 Å². The van der Waals surface area contributed by atoms with Crippen LogP contribution in [0.15, 0.2) is 30.3 Å². The molecule has 3 heteroatoms. The van der Waals surface area contributed by atoms with E-state index in [2.05, 4.69) is 41.0 Å². The number of hydrogen-bond acceptors (Lipinski definition) is 2. The Kier molecular flexibility index (Phi) is 4.59. The Morgan fingerprint density at radius 1 is 1.19 bits per heavy atom. The van der Waals surface area contributed by atoms with Crippen LogP contribution in [0.4, 0.5) is 0 Å². The van der Waals surface area contributed by atoms with Crippen molar-refractivity contribution in [1.82, 2.24) is 9.80 Å². The predicted octanol–water partition coefficient (Wildman–Crippen LogP) is 2.91. The lowest BCUT2D eigenvalue weighted by molar-refractivity contribution is -0.133. The second-order valence-corrected chi connectivity index (χ2v) is 6.52. The van der Waals surface area contributed by atoms with Crippen LogP contribution in [0.25, 0.3) is 0 Å². The number of carbonyl (C=O) groups is 1. The molecule has 1 aromatic carbocycles. The van der Waals surface area contributed by atoms with Crippen molar-refractivity contribution < 1.29 is 4.79 Å². The first-order valence-electron chi connectivity index (χ1n) is 8.32. The Labute approximate surface area is 127 Å². The third-order valence-electron chi connectivity index (χ3n) is 4.75. The summed E-state index contributed by atoms with van der Waals surface area (Å²) in [6.45, 7) is 6.15. The molecule has 3 nitrogen and oxygen atoms in total. The molecule has 1 aromatic rings. The number of nitrogens with zero attached hydrogens (tertiary/aromatic N) is 2. The summed E-state index contributed by atoms with van der Waals surface area (Å²) in [5.41, 5.74) is 1.24. The first-order valence-corrected chi connectivity index (χ1v) is 8.32. The maximum Gasteiger partial charge on any atom is 0.224 e. The van der Waals surface area contributed by atoms with E-state index in [0.717, 1.165) is 32.0 Å². The molecule has 0 unspecified atom stereocenters. The molecular formula is C18H26N2O. The summed E-state index contributed by atoms with van der Waals surface area (Å²) in [5.74, 6) is 1.22. The average Bonchev–Trinajstić information content (AvgIpc) is 3.33. The van der Waals surface area contributed by atoms with E-state index >= 15 is 0 Å². The number of rotatable bonds is 5. The van der Waals surface area contributed by atoms with Crippen LogP contribution in [-0.2, 0) is 11.3 Å². The van der Waals surface area contributed by atoms with Crippen LogP contribution in [0.5, 0.6) is 0 Å². The average molecular weight is 286 g/mol. The molecule has 21 heavy (non-hydrogen) atoms. The van der Waals surface area contributed by atoms with Gasteiger partial charge in [0.1, 0.15) is 0 Å². The van der Waals surface area contributed by atoms with Gasteiger partial charge in [0.2, 0.25) is 5.91 Å². The molecule has 1 aliphatic carbocycles. The summed E-state index contributed by atoms with van der Waals surface area (Å²) < 4.78 is 0. The fourth-order valence-electron chi connectivity index (χ4n) is 3.27. The van der Waals surface area contributed by atoms with Crippen molar-refractivity contribution in [3.05, 3.63) is 35.9 Å². The summed E-state index contributed by atoms with van der Waals surface area (Å²) in [5, 5.41) is 0. The zero-order valence-electron chi connectivity index (χ0n) is 13.0. The Morgan fingerprint density at radius 2 is 1.95 bits per heavy atom. The zero-order valence-corrected chi connectivity index (χ0v) is 13.0. The van der Waals surface area contributed by atoms with Gasteiger partial charge in [-0.1, -0.05) is 37.3 Å². The zero-order chi connectivity index (χ0) is 14.7. The van der Waals surface area contributed by atoms with E-state index in [1.54, 1.807) is 0 Å². The van der Waals surface area contributed by atoms with Crippen LogP contribution in [0.3, 0.4) is 0 Å². The number of carbonyl (C=O) groups excluding carboxylic acids is 1. The van der Waals surface area contributed by atoms with E-state index in [0.29, 0.717) is 18.4 Å². The van der Waals surface area contributed by atoms with Gasteiger partial charge in [0, 0.05) is 38.6 Å². The summed E-state index contributed by atoms with van der Waals surface area (Å²) >= 11 is 0. The van der Waals surface area contributed by atoms with Gasteiger partial charge in [-0.2, -0.15) is 0 Å². The maximum atomic E-state index is 12.5. The maximum absolute atomic E-state index is 12.5. The van der Waals surface area contributed by atoms with Crippen LogP contribution >= 0.6 is 0 Å². The van der Waals surface area contributed by atoms with Gasteiger partial charge < -0.3 is 9.80 Å². The van der Waals surface area contributed by atoms with Crippen molar-refractivity contribution >= 4 is 5.91 Å². The highest BCUT2D eigenvalue weighted by molar-refractivity contribution is 5.77. The molecule has 2 aliphatic rings. The van der Waals surface area contributed by atoms with Crippen LogP contribution < -0.4 is 0 Å². The van der Waals surface area contributed by atoms with Gasteiger partial charge in [-0.3, -0.25) is 4.79 Å². The van der Waals surface area contributed by atoms with E-state index in [1.807, 2.05) is 6.07 Å². The predicted molar refractivity (Wildman–Crippen MR) is 84.9 cm³/mol. The standard InChI is InChI=1S/C18H26N2O/c1-2-17-14-19(12-16-8-9-16)11-10-18(21)20(17)13-15-6-4-3-5-7-15/h3-7,16-17H,2,8-14H2,1H3/t17-/m0/s1. The molecule has 0 spiro atoms. The SMILES string of the molecule is CC[C@H]1CN(CC2CC2)CCC(=O)N1Cc1ccccc1. The minimum Gasteiger partial charge on any atom is -0.334 e. The van der Waals surface area contributed by atoms with Crippen molar-refractivity contribution in [2.45, 2.75) is 45.2 Å². The fraction of sp³-hybridized carbons (Fsp3) is 0.611. The third-order valence-corrected chi connectivity index (χ3v) is 4.75. The van der Waals surface area contributed by atoms with Crippen molar-refractivity contribution in [2.75, 3.05) is 19.6 Å². The van der Waals surface area contributed by atoms with Crippen molar-refractivity contribution in [1.29, 1.82) is 0 Å². The number of amides is 1. The van der Waals surface area contributed by atoms with Gasteiger partial charge in [-0.05, 0) is 30.7 Å². The smallest absolute Gasteiger partial charge is 0.224 e. The van der Waals surface area contributed by atoms with Crippen LogP contribution in [-0.4, -0.2) is 41.4 Å². The molecule has 1 atom stereocenters. The lowest BCUT2D eigenvalue weighted by Gasteiger charge is -2.31. The number of hydrogen-bond donors (Lipinski definition) is 0. The van der Waals surface area contributed by atoms with E-state index in [-0.39, 0.29) is 0 Å². The normalized spacial score (nSPS) is 24.1. The van der Waals surface area contributed by atoms with Gasteiger partial charge in [-0.25, -0.2) is 0 Å². The first-order chi connectivity index (χ1) is 10.3. The summed E-state index contributed by atoms with van der Waals surface area (Å²) in [7, 11) is 0. The summed E-state index contributed by atoms with van der Waals surface area (Å²) in [4.78, 5) is 17.2. The van der Waals surface area contributed by atoms with Gasteiger partial charge >= 0.3 is 0 Å². The van der Waals surface area contributed by atoms with E-state index in [1.165, 1.54) is 24.9 Å². The molecule has 0 bridgehead atoms. The quantitative estimate of drug-likeness (QED) is 0.831. The Balaban J connectivity index is 1.69. The molecule has 2 fully saturated rings. The summed E-state index contributed by atoms with van der Waals surface area (Å²) in [6, 6.07) is 10.7. The van der Waals surface area contributed by atoms with E-state index in [4.69, 9.17) is 0 Å². The van der Waals surface area contributed by atoms with Crippen molar-refractivity contribution in [3.8, 4) is 0 Å². The molecule has 1 saturated carbocycles. The highest BCUT2D eigenvalue weighted by atomic mass is 16.2. The molecule has 0 aromatic heterocycles. The van der Waals surface area contributed by atoms with Gasteiger partial charge in [-0.15, -0.1) is 0 Å². The molecule has 3 rings (SSSR count). The topological polar surface area (TPSA) is 23.6 Å². The fourth-order valence-corrected chi connectivity index (χ4v) is 3.27. The lowest BCUT2D eigenvalue weighted by atomic mass is 10.1. The van der Waals surface area contributed by atoms with Crippen LogP contribution in [0, 0.1) is 5.92 Å². The Bertz CT molecular complexity index is 469. The second-order valence-electron chi connectivity index (χ2n) is 6.52. The molecule has 1 aliphatic heterocycles. The molecule has 114 valence electrons. The molecule has 0 N–H and O–H groups in total. The minimum atomic E-state index is 0.323.